The van der Waals surface area contributed by atoms with E-state index in [9.17, 15) is 19.8 Å². The van der Waals surface area contributed by atoms with Crippen molar-refractivity contribution in [1.82, 2.24) is 0 Å². The summed E-state index contributed by atoms with van der Waals surface area (Å²) in [5.41, 5.74) is 0.451. The number of phenolic OH excluding ortho intramolecular Hbond substituents is 1. The Hall–Kier alpha value is -3.28. The molecule has 1 aliphatic heterocycles. The molecule has 6 nitrogen and oxygen atoms in total. The van der Waals surface area contributed by atoms with E-state index in [1.165, 1.54) is 42.5 Å². The Morgan fingerprint density at radius 3 is 2.59 bits per heavy atom. The van der Waals surface area contributed by atoms with Gasteiger partial charge in [-0.15, -0.1) is 0 Å². The maximum atomic E-state index is 12.2. The molecule has 22 heavy (non-hydrogen) atoms. The van der Waals surface area contributed by atoms with E-state index in [0.29, 0.717) is 11.1 Å². The van der Waals surface area contributed by atoms with E-state index >= 15 is 0 Å². The number of carbonyl (C=O) groups excluding carboxylic acids is 1. The molecule has 0 unspecified atom stereocenters. The number of carboxylic acid groups (broad SMARTS) is 1. The first-order valence-corrected chi connectivity index (χ1v) is 6.29. The van der Waals surface area contributed by atoms with Crippen molar-refractivity contribution in [2.24, 2.45) is 0 Å². The zero-order chi connectivity index (χ0) is 15.9. The quantitative estimate of drug-likeness (QED) is 0.735. The zero-order valence-electron chi connectivity index (χ0n) is 11.1. The van der Waals surface area contributed by atoms with Crippen LogP contribution in [-0.2, 0) is 0 Å². The smallest absolute Gasteiger partial charge is 0.339 e. The number of ether oxygens (including phenoxy) is 1. The molecule has 1 heterocycles. The zero-order valence-corrected chi connectivity index (χ0v) is 11.1. The molecule has 0 aromatic heterocycles. The van der Waals surface area contributed by atoms with Gasteiger partial charge in [0.15, 0.2) is 5.76 Å². The Morgan fingerprint density at radius 1 is 1.09 bits per heavy atom. The highest BCUT2D eigenvalue weighted by Crippen LogP contribution is 2.34. The van der Waals surface area contributed by atoms with E-state index in [1.807, 2.05) is 0 Å². The molecule has 0 saturated carbocycles. The number of Topliss-reactive ketones (excluding diaryl/α,β-unsaturated/α-hetero) is 1. The lowest BCUT2D eigenvalue weighted by Gasteiger charge is -2.02. The molecule has 0 spiro atoms. The van der Waals surface area contributed by atoms with Gasteiger partial charge in [-0.25, -0.2) is 4.79 Å². The molecule has 1 aliphatic rings. The number of aromatic carboxylic acids is 1. The molecule has 3 rings (SSSR count). The van der Waals surface area contributed by atoms with Gasteiger partial charge in [0, 0.05) is 6.07 Å². The van der Waals surface area contributed by atoms with Gasteiger partial charge in [-0.2, -0.15) is 0 Å². The average molecular weight is 298 g/mol. The number of phenols is 2. The number of ketones is 1. The van der Waals surface area contributed by atoms with Crippen LogP contribution in [-0.4, -0.2) is 27.1 Å². The number of hydrogen-bond acceptors (Lipinski definition) is 5. The number of allylic oxidation sites excluding steroid dienone is 1. The summed E-state index contributed by atoms with van der Waals surface area (Å²) in [6.45, 7) is 0. The second-order valence-corrected chi connectivity index (χ2v) is 4.70. The average Bonchev–Trinajstić information content (AvgIpc) is 2.76. The molecule has 0 atom stereocenters. The maximum Gasteiger partial charge on any atom is 0.339 e. The van der Waals surface area contributed by atoms with Crippen molar-refractivity contribution < 1.29 is 29.6 Å². The summed E-state index contributed by atoms with van der Waals surface area (Å²) in [6, 6.07) is 8.09. The second kappa shape index (κ2) is 4.92. The van der Waals surface area contributed by atoms with Crippen LogP contribution in [0.5, 0.6) is 17.2 Å². The lowest BCUT2D eigenvalue weighted by Crippen LogP contribution is -2.00. The minimum absolute atomic E-state index is 0.0163. The number of benzene rings is 2. The molecule has 110 valence electrons. The molecule has 0 aliphatic carbocycles. The van der Waals surface area contributed by atoms with Crippen LogP contribution in [0, 0.1) is 0 Å². The first kappa shape index (κ1) is 13.7. The monoisotopic (exact) mass is 298 g/mol. The molecule has 6 heteroatoms. The summed E-state index contributed by atoms with van der Waals surface area (Å²) in [7, 11) is 0. The Balaban J connectivity index is 1.99. The van der Waals surface area contributed by atoms with E-state index < -0.39 is 5.97 Å². The van der Waals surface area contributed by atoms with Gasteiger partial charge in [0.2, 0.25) is 5.78 Å². The molecule has 0 fully saturated rings. The third-order valence-corrected chi connectivity index (χ3v) is 3.20. The fraction of sp³-hybridized carbons (Fsp3) is 0. The highest BCUT2D eigenvalue weighted by molar-refractivity contribution is 6.14. The minimum atomic E-state index is -1.27. The van der Waals surface area contributed by atoms with Gasteiger partial charge in [-0.3, -0.25) is 4.79 Å². The van der Waals surface area contributed by atoms with Gasteiger partial charge in [0.05, 0.1) is 5.56 Å². The molecular formula is C16H10O6. The van der Waals surface area contributed by atoms with Crippen LogP contribution in [0.4, 0.5) is 0 Å². The van der Waals surface area contributed by atoms with Crippen molar-refractivity contribution in [2.45, 2.75) is 0 Å². The van der Waals surface area contributed by atoms with E-state index in [0.717, 1.165) is 0 Å². The summed E-state index contributed by atoms with van der Waals surface area (Å²) in [4.78, 5) is 23.1. The molecule has 2 aromatic carbocycles. The van der Waals surface area contributed by atoms with E-state index in [1.54, 1.807) is 0 Å². The van der Waals surface area contributed by atoms with Gasteiger partial charge in [-0.1, -0.05) is 6.07 Å². The van der Waals surface area contributed by atoms with Crippen LogP contribution < -0.4 is 4.74 Å². The van der Waals surface area contributed by atoms with Crippen LogP contribution >= 0.6 is 0 Å². The van der Waals surface area contributed by atoms with Crippen LogP contribution in [0.15, 0.2) is 42.2 Å². The van der Waals surface area contributed by atoms with Gasteiger partial charge in [0.1, 0.15) is 22.8 Å². The summed E-state index contributed by atoms with van der Waals surface area (Å²) < 4.78 is 5.38. The number of fused-ring (bicyclic) bond motifs is 1. The Labute approximate surface area is 124 Å². The van der Waals surface area contributed by atoms with Crippen LogP contribution in [0.25, 0.3) is 6.08 Å². The fourth-order valence-corrected chi connectivity index (χ4v) is 2.14. The fourth-order valence-electron chi connectivity index (χ4n) is 2.14. The summed E-state index contributed by atoms with van der Waals surface area (Å²) in [5, 5.41) is 27.8. The molecular weight excluding hydrogens is 288 g/mol. The lowest BCUT2D eigenvalue weighted by molar-refractivity contribution is 0.0693. The van der Waals surface area contributed by atoms with Crippen molar-refractivity contribution in [3.05, 3.63) is 58.8 Å². The molecule has 0 amide bonds. The second-order valence-electron chi connectivity index (χ2n) is 4.70. The van der Waals surface area contributed by atoms with Crippen LogP contribution in [0.1, 0.15) is 26.3 Å². The first-order valence-electron chi connectivity index (χ1n) is 6.29. The third kappa shape index (κ3) is 2.26. The molecule has 3 N–H and O–H groups in total. The van der Waals surface area contributed by atoms with Gasteiger partial charge < -0.3 is 20.1 Å². The predicted molar refractivity (Wildman–Crippen MR) is 76.1 cm³/mol. The maximum absolute atomic E-state index is 12.2. The van der Waals surface area contributed by atoms with Crippen molar-refractivity contribution in [3.8, 4) is 17.2 Å². The van der Waals surface area contributed by atoms with E-state index in [2.05, 4.69) is 0 Å². The third-order valence-electron chi connectivity index (χ3n) is 3.20. The van der Waals surface area contributed by atoms with Crippen molar-refractivity contribution in [2.75, 3.05) is 0 Å². The standard InChI is InChI=1S/C16H10O6/c17-9-2-3-10-13(7-9)22-14(15(10)19)6-8-1-4-12(18)11(5-8)16(20)21/h1-7,17-18H,(H,20,21)/b14-6-. The van der Waals surface area contributed by atoms with Crippen molar-refractivity contribution >= 4 is 17.8 Å². The van der Waals surface area contributed by atoms with Crippen LogP contribution in [0.2, 0.25) is 0 Å². The number of aromatic hydroxyl groups is 2. The van der Waals surface area contributed by atoms with Crippen molar-refractivity contribution in [1.29, 1.82) is 0 Å². The normalized spacial score (nSPS) is 14.7. The number of rotatable bonds is 2. The number of carbonyl (C=O) groups is 2. The summed E-state index contributed by atoms with van der Waals surface area (Å²) in [5.74, 6) is -1.76. The molecule has 2 aromatic rings. The predicted octanol–water partition coefficient (Wildman–Crippen LogP) is 2.41. The summed E-state index contributed by atoms with van der Waals surface area (Å²) in [6.07, 6.45) is 1.38. The van der Waals surface area contributed by atoms with E-state index in [-0.39, 0.29) is 34.4 Å². The van der Waals surface area contributed by atoms with Gasteiger partial charge in [-0.05, 0) is 35.9 Å². The molecule has 0 radical (unpaired) electrons. The van der Waals surface area contributed by atoms with Gasteiger partial charge in [0.25, 0.3) is 0 Å². The lowest BCUT2D eigenvalue weighted by atomic mass is 10.1. The Bertz CT molecular complexity index is 835. The van der Waals surface area contributed by atoms with Crippen molar-refractivity contribution in [3.63, 3.8) is 0 Å². The SMILES string of the molecule is O=C(O)c1cc(/C=C2\Oc3cc(O)ccc3C2=O)ccc1O. The van der Waals surface area contributed by atoms with Crippen LogP contribution in [0.3, 0.4) is 0 Å². The van der Waals surface area contributed by atoms with E-state index in [4.69, 9.17) is 9.84 Å². The topological polar surface area (TPSA) is 104 Å². The Kier molecular flexibility index (Phi) is 3.06. The highest BCUT2D eigenvalue weighted by Gasteiger charge is 2.27. The molecule has 0 bridgehead atoms. The molecule has 0 saturated heterocycles. The number of carboxylic acids is 1. The number of hydrogen-bond donors (Lipinski definition) is 3. The minimum Gasteiger partial charge on any atom is -0.508 e. The van der Waals surface area contributed by atoms with Gasteiger partial charge >= 0.3 is 5.97 Å². The largest absolute Gasteiger partial charge is 0.508 e. The first-order chi connectivity index (χ1) is 10.5. The summed E-state index contributed by atoms with van der Waals surface area (Å²) >= 11 is 0. The Morgan fingerprint density at radius 2 is 1.86 bits per heavy atom. The highest BCUT2D eigenvalue weighted by atomic mass is 16.5.